The minimum atomic E-state index is -0.689. The third-order valence-electron chi connectivity index (χ3n) is 2.81. The van der Waals surface area contributed by atoms with Crippen LogP contribution in [0.1, 0.15) is 38.5 Å². The summed E-state index contributed by atoms with van der Waals surface area (Å²) < 4.78 is 0. The fourth-order valence-electron chi connectivity index (χ4n) is 2.03. The van der Waals surface area contributed by atoms with Crippen LogP contribution in [0.25, 0.3) is 0 Å². The largest absolute Gasteiger partial charge is 0.374 e. The Bertz CT molecular complexity index is 126. The molecule has 3 heteroatoms. The molecule has 1 fully saturated rings. The van der Waals surface area contributed by atoms with Crippen molar-refractivity contribution < 1.29 is 4.89 Å². The molecule has 1 atom stereocenters. The molecule has 3 N–H and O–H groups in total. The van der Waals surface area contributed by atoms with Gasteiger partial charge < -0.3 is 10.6 Å². The zero-order valence-corrected chi connectivity index (χ0v) is 9.31. The molecule has 0 spiro atoms. The number of nitrogens with two attached hydrogens (primary N) is 1. The Kier molecular flexibility index (Phi) is 5.93. The van der Waals surface area contributed by atoms with Gasteiger partial charge in [0.05, 0.1) is 0 Å². The quantitative estimate of drug-likeness (QED) is 0.673. The Hall–Kier alpha value is 0.350. The summed E-state index contributed by atoms with van der Waals surface area (Å²) in [5, 5.41) is 0. The molecule has 1 aliphatic rings. The smallest absolute Gasteiger partial charge is 0.0254 e. The summed E-state index contributed by atoms with van der Waals surface area (Å²) >= 11 is 0. The molecule has 0 radical (unpaired) electrons. The van der Waals surface area contributed by atoms with Crippen molar-refractivity contribution >= 4 is 8.15 Å². The summed E-state index contributed by atoms with van der Waals surface area (Å²) in [6, 6.07) is 0. The lowest BCUT2D eigenvalue weighted by molar-refractivity contribution is 0.384. The second-order valence-electron chi connectivity index (χ2n) is 4.06. The van der Waals surface area contributed by atoms with Crippen LogP contribution in [0.4, 0.5) is 0 Å². The first-order chi connectivity index (χ1) is 6.33. The molecule has 0 heterocycles. The number of hydrogen-bond acceptors (Lipinski definition) is 2. The Balaban J connectivity index is 2.07. The molecule has 13 heavy (non-hydrogen) atoms. The lowest BCUT2D eigenvalue weighted by Gasteiger charge is -2.23. The molecule has 1 rings (SSSR count). The normalized spacial score (nSPS) is 21.7. The molecule has 78 valence electrons. The molecular formula is C10H22NOP. The van der Waals surface area contributed by atoms with Crippen LogP contribution in [-0.2, 0) is 0 Å². The summed E-state index contributed by atoms with van der Waals surface area (Å²) in [5.41, 5.74) is 5.41. The van der Waals surface area contributed by atoms with Crippen LogP contribution in [0.5, 0.6) is 0 Å². The van der Waals surface area contributed by atoms with Gasteiger partial charge in [0.25, 0.3) is 0 Å². The van der Waals surface area contributed by atoms with Crippen molar-refractivity contribution in [1.29, 1.82) is 0 Å². The first-order valence-corrected chi connectivity index (χ1v) is 7.13. The lowest BCUT2D eigenvalue weighted by Crippen LogP contribution is -2.11. The van der Waals surface area contributed by atoms with Crippen molar-refractivity contribution in [3.05, 3.63) is 0 Å². The van der Waals surface area contributed by atoms with Crippen molar-refractivity contribution in [2.45, 2.75) is 38.5 Å². The Morgan fingerprint density at radius 1 is 1.23 bits per heavy atom. The Morgan fingerprint density at radius 2 is 1.92 bits per heavy atom. The zero-order valence-electron chi connectivity index (χ0n) is 8.41. The van der Waals surface area contributed by atoms with E-state index >= 15 is 0 Å². The van der Waals surface area contributed by atoms with E-state index in [2.05, 4.69) is 0 Å². The molecular weight excluding hydrogens is 181 g/mol. The van der Waals surface area contributed by atoms with Crippen molar-refractivity contribution in [3.8, 4) is 0 Å². The highest BCUT2D eigenvalue weighted by Crippen LogP contribution is 2.37. The fourth-order valence-corrected chi connectivity index (χ4v) is 3.72. The summed E-state index contributed by atoms with van der Waals surface area (Å²) in [6.45, 7) is 0.726. The van der Waals surface area contributed by atoms with E-state index in [4.69, 9.17) is 5.73 Å². The van der Waals surface area contributed by atoms with Gasteiger partial charge in [0, 0.05) is 8.15 Å². The van der Waals surface area contributed by atoms with Gasteiger partial charge in [0.2, 0.25) is 0 Å². The maximum Gasteiger partial charge on any atom is 0.0254 e. The van der Waals surface area contributed by atoms with Gasteiger partial charge in [-0.1, -0.05) is 32.1 Å². The fraction of sp³-hybridized carbons (Fsp3) is 1.00. The highest BCUT2D eigenvalue weighted by Gasteiger charge is 2.16. The van der Waals surface area contributed by atoms with E-state index in [-0.39, 0.29) is 0 Å². The maximum atomic E-state index is 9.74. The van der Waals surface area contributed by atoms with Gasteiger partial charge in [-0.05, 0) is 31.2 Å². The minimum Gasteiger partial charge on any atom is -0.374 e. The SMILES string of the molecule is NCCCP(O)CC1CCCCC1. The van der Waals surface area contributed by atoms with E-state index in [1.165, 1.54) is 32.1 Å². The highest BCUT2D eigenvalue weighted by atomic mass is 31.1. The molecule has 0 amide bonds. The van der Waals surface area contributed by atoms with Gasteiger partial charge in [-0.3, -0.25) is 0 Å². The standard InChI is InChI=1S/C10H22NOP/c11-7-4-8-13(12)9-10-5-2-1-3-6-10/h10,12H,1-9,11H2. The van der Waals surface area contributed by atoms with E-state index in [0.717, 1.165) is 31.2 Å². The van der Waals surface area contributed by atoms with E-state index in [9.17, 15) is 4.89 Å². The molecule has 0 bridgehead atoms. The maximum absolute atomic E-state index is 9.74. The predicted octanol–water partition coefficient (Wildman–Crippen LogP) is 2.30. The lowest BCUT2D eigenvalue weighted by atomic mass is 9.91. The van der Waals surface area contributed by atoms with Crippen LogP contribution in [0.2, 0.25) is 0 Å². The zero-order chi connectivity index (χ0) is 9.52. The molecule has 1 unspecified atom stereocenters. The van der Waals surface area contributed by atoms with Gasteiger partial charge >= 0.3 is 0 Å². The van der Waals surface area contributed by atoms with E-state index in [1.807, 2.05) is 0 Å². The van der Waals surface area contributed by atoms with E-state index in [0.29, 0.717) is 0 Å². The van der Waals surface area contributed by atoms with Crippen molar-refractivity contribution in [3.63, 3.8) is 0 Å². The second-order valence-corrected chi connectivity index (χ2v) is 5.88. The van der Waals surface area contributed by atoms with Gasteiger partial charge in [-0.2, -0.15) is 0 Å². The van der Waals surface area contributed by atoms with E-state index in [1.54, 1.807) is 0 Å². The third kappa shape index (κ3) is 4.95. The molecule has 2 nitrogen and oxygen atoms in total. The molecule has 0 aromatic heterocycles. The summed E-state index contributed by atoms with van der Waals surface area (Å²) in [7, 11) is -0.689. The monoisotopic (exact) mass is 203 g/mol. The van der Waals surface area contributed by atoms with Crippen LogP contribution in [0, 0.1) is 5.92 Å². The molecule has 1 saturated carbocycles. The molecule has 1 aliphatic carbocycles. The van der Waals surface area contributed by atoms with Crippen LogP contribution >= 0.6 is 8.15 Å². The first kappa shape index (κ1) is 11.4. The second kappa shape index (κ2) is 6.75. The van der Waals surface area contributed by atoms with Gasteiger partial charge in [-0.25, -0.2) is 0 Å². The highest BCUT2D eigenvalue weighted by molar-refractivity contribution is 7.51. The van der Waals surface area contributed by atoms with Gasteiger partial charge in [0.15, 0.2) is 0 Å². The summed E-state index contributed by atoms with van der Waals surface area (Å²) in [5.74, 6) is 0.822. The van der Waals surface area contributed by atoms with Crippen LogP contribution in [0.15, 0.2) is 0 Å². The molecule has 0 saturated heterocycles. The third-order valence-corrected chi connectivity index (χ3v) is 4.58. The average Bonchev–Trinajstić information content (AvgIpc) is 2.16. The van der Waals surface area contributed by atoms with Crippen molar-refractivity contribution in [1.82, 2.24) is 0 Å². The van der Waals surface area contributed by atoms with Crippen molar-refractivity contribution in [2.75, 3.05) is 18.9 Å². The number of hydrogen-bond donors (Lipinski definition) is 2. The Morgan fingerprint density at radius 3 is 2.54 bits per heavy atom. The van der Waals surface area contributed by atoms with Gasteiger partial charge in [-0.15, -0.1) is 0 Å². The van der Waals surface area contributed by atoms with Crippen molar-refractivity contribution in [2.24, 2.45) is 11.7 Å². The molecule has 0 aromatic rings. The molecule has 0 aromatic carbocycles. The first-order valence-electron chi connectivity index (χ1n) is 5.47. The van der Waals surface area contributed by atoms with E-state index < -0.39 is 8.15 Å². The van der Waals surface area contributed by atoms with Crippen LogP contribution < -0.4 is 5.73 Å². The summed E-state index contributed by atoms with van der Waals surface area (Å²) in [6.07, 6.45) is 9.90. The predicted molar refractivity (Wildman–Crippen MR) is 59.1 cm³/mol. The molecule has 0 aliphatic heterocycles. The average molecular weight is 203 g/mol. The Labute approximate surface area is 82.7 Å². The van der Waals surface area contributed by atoms with Crippen LogP contribution in [-0.4, -0.2) is 23.8 Å². The summed E-state index contributed by atoms with van der Waals surface area (Å²) in [4.78, 5) is 9.74. The van der Waals surface area contributed by atoms with Crippen LogP contribution in [0.3, 0.4) is 0 Å². The number of rotatable bonds is 5. The van der Waals surface area contributed by atoms with Gasteiger partial charge in [0.1, 0.15) is 0 Å². The minimum absolute atomic E-state index is 0.689. The topological polar surface area (TPSA) is 46.2 Å².